The number of halogens is 2. The highest BCUT2D eigenvalue weighted by Gasteiger charge is 2.22. The Labute approximate surface area is 148 Å². The molecule has 0 aliphatic carbocycles. The highest BCUT2D eigenvalue weighted by Crippen LogP contribution is 2.24. The Kier molecular flexibility index (Phi) is 5.06. The Morgan fingerprint density at radius 2 is 2.00 bits per heavy atom. The summed E-state index contributed by atoms with van der Waals surface area (Å²) in [7, 11) is 1.90. The van der Waals surface area contributed by atoms with Crippen LogP contribution in [-0.4, -0.2) is 24.5 Å². The van der Waals surface area contributed by atoms with E-state index in [1.165, 1.54) is 6.07 Å². The van der Waals surface area contributed by atoms with E-state index in [-0.39, 0.29) is 24.2 Å². The van der Waals surface area contributed by atoms with E-state index in [1.54, 1.807) is 11.3 Å². The van der Waals surface area contributed by atoms with Gasteiger partial charge in [-0.15, -0.1) is 11.3 Å². The molecule has 1 unspecified atom stereocenters. The summed E-state index contributed by atoms with van der Waals surface area (Å²) in [6.45, 7) is 2.20. The molecule has 0 saturated heterocycles. The number of nitrogens with zero attached hydrogens (tertiary/aromatic N) is 1. The van der Waals surface area contributed by atoms with Crippen LogP contribution < -0.4 is 10.2 Å². The van der Waals surface area contributed by atoms with Crippen molar-refractivity contribution in [3.05, 3.63) is 59.1 Å². The van der Waals surface area contributed by atoms with Crippen LogP contribution in [0.2, 0.25) is 0 Å². The predicted octanol–water partition coefficient (Wildman–Crippen LogP) is 2.79. The molecule has 2 aromatic carbocycles. The molecule has 25 heavy (non-hydrogen) atoms. The number of thiazole rings is 1. The smallest absolute Gasteiger partial charge is 0.279 e. The highest BCUT2D eigenvalue weighted by molar-refractivity contribution is 7.18. The van der Waals surface area contributed by atoms with Crippen LogP contribution in [0.4, 0.5) is 14.5 Å². The standard InChI is InChI=1S/C18H17F2N3OS/c1-11(18-22-15-5-3-4-6-16(15)25-18)23(2)10-17(24)21-12-7-8-13(19)14(20)9-12/h3-9,11H,10H2,1-2H3,(H,21,24)/p+1/t11-/m0/s1. The Hall–Kier alpha value is -2.38. The fraction of sp³-hybridized carbons (Fsp3) is 0.222. The lowest BCUT2D eigenvalue weighted by Gasteiger charge is -2.19. The maximum Gasteiger partial charge on any atom is 0.279 e. The van der Waals surface area contributed by atoms with Gasteiger partial charge in [0.1, 0.15) is 6.04 Å². The summed E-state index contributed by atoms with van der Waals surface area (Å²) in [5.74, 6) is -2.19. The second-order valence-corrected chi connectivity index (χ2v) is 7.00. The maximum atomic E-state index is 13.2. The first-order valence-corrected chi connectivity index (χ1v) is 8.68. The zero-order valence-electron chi connectivity index (χ0n) is 13.8. The van der Waals surface area contributed by atoms with Crippen molar-refractivity contribution < 1.29 is 18.5 Å². The zero-order chi connectivity index (χ0) is 18.0. The number of benzene rings is 2. The van der Waals surface area contributed by atoms with Crippen molar-refractivity contribution in [2.45, 2.75) is 13.0 Å². The van der Waals surface area contributed by atoms with Gasteiger partial charge in [-0.2, -0.15) is 0 Å². The molecule has 0 aliphatic heterocycles. The fourth-order valence-electron chi connectivity index (χ4n) is 2.47. The lowest BCUT2D eigenvalue weighted by atomic mass is 10.3. The van der Waals surface area contributed by atoms with Crippen LogP contribution in [0.25, 0.3) is 10.2 Å². The molecule has 0 fully saturated rings. The van der Waals surface area contributed by atoms with Gasteiger partial charge in [-0.1, -0.05) is 12.1 Å². The van der Waals surface area contributed by atoms with Gasteiger partial charge in [0.25, 0.3) is 5.91 Å². The minimum absolute atomic E-state index is 0.0353. The van der Waals surface area contributed by atoms with Crippen LogP contribution in [0.15, 0.2) is 42.5 Å². The molecule has 0 aliphatic rings. The Morgan fingerprint density at radius 1 is 1.24 bits per heavy atom. The van der Waals surface area contributed by atoms with Crippen LogP contribution in [0.5, 0.6) is 0 Å². The number of quaternary nitrogens is 1. The van der Waals surface area contributed by atoms with E-state index in [0.29, 0.717) is 0 Å². The maximum absolute atomic E-state index is 13.2. The van der Waals surface area contributed by atoms with Crippen LogP contribution >= 0.6 is 11.3 Å². The molecule has 4 nitrogen and oxygen atoms in total. The molecule has 3 rings (SSSR count). The van der Waals surface area contributed by atoms with Crippen molar-refractivity contribution in [3.8, 4) is 0 Å². The van der Waals surface area contributed by atoms with Gasteiger partial charge < -0.3 is 10.2 Å². The number of anilines is 1. The number of aromatic nitrogens is 1. The summed E-state index contributed by atoms with van der Waals surface area (Å²) in [5.41, 5.74) is 1.19. The van der Waals surface area contributed by atoms with Crippen LogP contribution in [0.1, 0.15) is 18.0 Å². The largest absolute Gasteiger partial charge is 0.322 e. The lowest BCUT2D eigenvalue weighted by molar-refractivity contribution is -0.902. The molecule has 7 heteroatoms. The molecule has 1 amide bonds. The third-order valence-corrected chi connectivity index (χ3v) is 5.28. The average molecular weight is 362 g/mol. The zero-order valence-corrected chi connectivity index (χ0v) is 14.7. The first-order valence-electron chi connectivity index (χ1n) is 7.86. The normalized spacial score (nSPS) is 13.6. The van der Waals surface area contributed by atoms with Gasteiger partial charge in [0, 0.05) is 11.8 Å². The van der Waals surface area contributed by atoms with Gasteiger partial charge in [-0.05, 0) is 31.2 Å². The summed E-state index contributed by atoms with van der Waals surface area (Å²) in [5, 5.41) is 3.55. The van der Waals surface area contributed by atoms with Crippen molar-refractivity contribution >= 4 is 33.1 Å². The molecular weight excluding hydrogens is 344 g/mol. The molecule has 2 N–H and O–H groups in total. The summed E-state index contributed by atoms with van der Waals surface area (Å²) < 4.78 is 27.2. The molecular formula is C18H18F2N3OS+. The number of amides is 1. The number of carbonyl (C=O) groups excluding carboxylic acids is 1. The molecule has 0 spiro atoms. The molecule has 0 radical (unpaired) electrons. The molecule has 2 atom stereocenters. The Bertz CT molecular complexity index is 879. The van der Waals surface area contributed by atoms with E-state index < -0.39 is 11.6 Å². The summed E-state index contributed by atoms with van der Waals surface area (Å²) in [4.78, 5) is 17.7. The van der Waals surface area contributed by atoms with E-state index in [1.807, 2.05) is 38.2 Å². The molecule has 3 aromatic rings. The number of carbonyl (C=O) groups is 1. The molecule has 1 heterocycles. The van der Waals surface area contributed by atoms with Crippen molar-refractivity contribution in [3.63, 3.8) is 0 Å². The minimum Gasteiger partial charge on any atom is -0.322 e. The van der Waals surface area contributed by atoms with E-state index in [0.717, 1.165) is 32.3 Å². The summed E-state index contributed by atoms with van der Waals surface area (Å²) >= 11 is 1.61. The van der Waals surface area contributed by atoms with Crippen LogP contribution in [0.3, 0.4) is 0 Å². The van der Waals surface area contributed by atoms with Gasteiger partial charge in [0.2, 0.25) is 0 Å². The monoisotopic (exact) mass is 362 g/mol. The van der Waals surface area contributed by atoms with E-state index in [4.69, 9.17) is 0 Å². The SMILES string of the molecule is C[C@@H](c1nc2ccccc2s1)[NH+](C)CC(=O)Nc1ccc(F)c(F)c1. The summed E-state index contributed by atoms with van der Waals surface area (Å²) in [6.07, 6.45) is 0. The van der Waals surface area contributed by atoms with Crippen molar-refractivity contribution in [1.29, 1.82) is 0 Å². The third-order valence-electron chi connectivity index (χ3n) is 4.06. The average Bonchev–Trinajstić information content (AvgIpc) is 3.01. The number of para-hydroxylation sites is 1. The Balaban J connectivity index is 1.64. The number of rotatable bonds is 5. The quantitative estimate of drug-likeness (QED) is 0.733. The van der Waals surface area contributed by atoms with Crippen molar-refractivity contribution in [2.24, 2.45) is 0 Å². The molecule has 0 saturated carbocycles. The molecule has 130 valence electrons. The van der Waals surface area contributed by atoms with Crippen LogP contribution in [-0.2, 0) is 4.79 Å². The number of fused-ring (bicyclic) bond motifs is 1. The van der Waals surface area contributed by atoms with Gasteiger partial charge in [-0.25, -0.2) is 13.8 Å². The third kappa shape index (κ3) is 4.00. The number of hydrogen-bond donors (Lipinski definition) is 2. The fourth-order valence-corrected chi connectivity index (χ4v) is 3.58. The predicted molar refractivity (Wildman–Crippen MR) is 94.8 cm³/mol. The van der Waals surface area contributed by atoms with Crippen molar-refractivity contribution in [2.75, 3.05) is 18.9 Å². The van der Waals surface area contributed by atoms with E-state index >= 15 is 0 Å². The second-order valence-electron chi connectivity index (χ2n) is 5.94. The van der Waals surface area contributed by atoms with Gasteiger partial charge in [0.15, 0.2) is 23.2 Å². The van der Waals surface area contributed by atoms with Crippen molar-refractivity contribution in [1.82, 2.24) is 4.98 Å². The molecule has 0 bridgehead atoms. The van der Waals surface area contributed by atoms with Gasteiger partial charge in [-0.3, -0.25) is 4.79 Å². The first kappa shape index (κ1) is 17.4. The van der Waals surface area contributed by atoms with Gasteiger partial charge >= 0.3 is 0 Å². The number of hydrogen-bond acceptors (Lipinski definition) is 3. The lowest BCUT2D eigenvalue weighted by Crippen LogP contribution is -3.10. The highest BCUT2D eigenvalue weighted by atomic mass is 32.1. The number of likely N-dealkylation sites (N-methyl/N-ethyl adjacent to an activating group) is 1. The van der Waals surface area contributed by atoms with Crippen LogP contribution in [0, 0.1) is 11.6 Å². The minimum atomic E-state index is -0.985. The van der Waals surface area contributed by atoms with E-state index in [9.17, 15) is 13.6 Å². The Morgan fingerprint density at radius 3 is 2.72 bits per heavy atom. The second kappa shape index (κ2) is 7.25. The molecule has 1 aromatic heterocycles. The summed E-state index contributed by atoms with van der Waals surface area (Å²) in [6, 6.07) is 11.2. The number of nitrogens with one attached hydrogen (secondary N) is 2. The van der Waals surface area contributed by atoms with E-state index in [2.05, 4.69) is 10.3 Å². The van der Waals surface area contributed by atoms with Gasteiger partial charge in [0.05, 0.1) is 17.3 Å². The first-order chi connectivity index (χ1) is 11.9. The topological polar surface area (TPSA) is 46.4 Å².